The summed E-state index contributed by atoms with van der Waals surface area (Å²) in [6, 6.07) is -0.0171. The number of rotatable bonds is 10. The van der Waals surface area contributed by atoms with Crippen molar-refractivity contribution in [1.29, 1.82) is 0 Å². The first-order valence-corrected chi connectivity index (χ1v) is 7.12. The summed E-state index contributed by atoms with van der Waals surface area (Å²) in [5, 5.41) is 6.28. The average Bonchev–Trinajstić information content (AvgIpc) is 2.27. The summed E-state index contributed by atoms with van der Waals surface area (Å²) in [5.41, 5.74) is 0. The van der Waals surface area contributed by atoms with Crippen LogP contribution in [0.3, 0.4) is 0 Å². The van der Waals surface area contributed by atoms with Crippen LogP contribution >= 0.6 is 0 Å². The zero-order valence-corrected chi connectivity index (χ0v) is 12.0. The van der Waals surface area contributed by atoms with E-state index >= 15 is 0 Å². The van der Waals surface area contributed by atoms with Crippen LogP contribution in [0.4, 0.5) is 0 Å². The minimum Gasteiger partial charge on any atom is -0.355 e. The Morgan fingerprint density at radius 2 is 1.82 bits per heavy atom. The Labute approximate surface area is 107 Å². The van der Waals surface area contributed by atoms with Crippen molar-refractivity contribution in [2.75, 3.05) is 13.1 Å². The Hall–Kier alpha value is -0.570. The van der Waals surface area contributed by atoms with Gasteiger partial charge in [0.2, 0.25) is 5.91 Å². The molecule has 0 aliphatic carbocycles. The molecule has 17 heavy (non-hydrogen) atoms. The standard InChI is InChI=1S/C14H30N2O/c1-5-7-8-9-10-16-13(11-12(3)4)14(17)15-6-2/h12-13,16H,5-11H2,1-4H3,(H,15,17)/t13-/m0/s1. The Morgan fingerprint density at radius 3 is 2.35 bits per heavy atom. The van der Waals surface area contributed by atoms with Crippen LogP contribution in [0, 0.1) is 5.92 Å². The topological polar surface area (TPSA) is 41.1 Å². The predicted molar refractivity (Wildman–Crippen MR) is 74.1 cm³/mol. The molecule has 0 saturated heterocycles. The van der Waals surface area contributed by atoms with Gasteiger partial charge >= 0.3 is 0 Å². The first-order valence-electron chi connectivity index (χ1n) is 7.12. The lowest BCUT2D eigenvalue weighted by atomic mass is 10.0. The number of hydrogen-bond donors (Lipinski definition) is 2. The zero-order chi connectivity index (χ0) is 13.1. The lowest BCUT2D eigenvalue weighted by Gasteiger charge is -2.19. The summed E-state index contributed by atoms with van der Waals surface area (Å²) >= 11 is 0. The fourth-order valence-electron chi connectivity index (χ4n) is 1.88. The van der Waals surface area contributed by atoms with Gasteiger partial charge < -0.3 is 10.6 Å². The molecule has 0 aromatic rings. The molecule has 2 N–H and O–H groups in total. The van der Waals surface area contributed by atoms with Crippen LogP contribution in [0.15, 0.2) is 0 Å². The molecule has 0 aliphatic rings. The van der Waals surface area contributed by atoms with Crippen LogP contribution in [-0.2, 0) is 4.79 Å². The highest BCUT2D eigenvalue weighted by molar-refractivity contribution is 5.81. The molecular formula is C14H30N2O. The molecule has 0 heterocycles. The minimum absolute atomic E-state index is 0.0171. The van der Waals surface area contributed by atoms with Gasteiger partial charge in [-0.15, -0.1) is 0 Å². The molecule has 3 heteroatoms. The van der Waals surface area contributed by atoms with Crippen LogP contribution in [0.1, 0.15) is 59.8 Å². The second kappa shape index (κ2) is 10.6. The number of carbonyl (C=O) groups is 1. The van der Waals surface area contributed by atoms with E-state index in [0.717, 1.165) is 13.0 Å². The van der Waals surface area contributed by atoms with Crippen molar-refractivity contribution in [1.82, 2.24) is 10.6 Å². The molecule has 102 valence electrons. The lowest BCUT2D eigenvalue weighted by molar-refractivity contribution is -0.123. The third-order valence-corrected chi connectivity index (χ3v) is 2.80. The maximum absolute atomic E-state index is 11.8. The number of likely N-dealkylation sites (N-methyl/N-ethyl adjacent to an activating group) is 1. The average molecular weight is 242 g/mol. The molecule has 1 amide bonds. The summed E-state index contributed by atoms with van der Waals surface area (Å²) in [5.74, 6) is 0.697. The molecule has 0 fully saturated rings. The number of amides is 1. The van der Waals surface area contributed by atoms with E-state index in [2.05, 4.69) is 31.4 Å². The fraction of sp³-hybridized carbons (Fsp3) is 0.929. The molecule has 0 aliphatic heterocycles. The molecule has 0 rings (SSSR count). The van der Waals surface area contributed by atoms with E-state index in [9.17, 15) is 4.79 Å². The van der Waals surface area contributed by atoms with Crippen LogP contribution < -0.4 is 10.6 Å². The summed E-state index contributed by atoms with van der Waals surface area (Å²) in [6.07, 6.45) is 5.89. The minimum atomic E-state index is -0.0171. The van der Waals surface area contributed by atoms with Gasteiger partial charge in [-0.1, -0.05) is 40.0 Å². The Balaban J connectivity index is 3.89. The molecule has 1 atom stereocenters. The van der Waals surface area contributed by atoms with Gasteiger partial charge in [-0.3, -0.25) is 4.79 Å². The van der Waals surface area contributed by atoms with E-state index in [4.69, 9.17) is 0 Å². The van der Waals surface area contributed by atoms with Crippen molar-refractivity contribution in [3.05, 3.63) is 0 Å². The maximum Gasteiger partial charge on any atom is 0.237 e. The molecule has 3 nitrogen and oxygen atoms in total. The Kier molecular flexibility index (Phi) is 10.2. The summed E-state index contributed by atoms with van der Waals surface area (Å²) in [4.78, 5) is 11.8. The van der Waals surface area contributed by atoms with Gasteiger partial charge in [0.25, 0.3) is 0 Å². The van der Waals surface area contributed by atoms with E-state index in [1.807, 2.05) is 6.92 Å². The second-order valence-electron chi connectivity index (χ2n) is 5.09. The van der Waals surface area contributed by atoms with E-state index in [1.165, 1.54) is 25.7 Å². The summed E-state index contributed by atoms with van der Waals surface area (Å²) in [7, 11) is 0. The first kappa shape index (κ1) is 16.4. The van der Waals surface area contributed by atoms with Crippen molar-refractivity contribution in [3.8, 4) is 0 Å². The normalized spacial score (nSPS) is 12.8. The van der Waals surface area contributed by atoms with Gasteiger partial charge in [0.15, 0.2) is 0 Å². The summed E-state index contributed by atoms with van der Waals surface area (Å²) in [6.45, 7) is 10.2. The molecule has 0 radical (unpaired) electrons. The highest BCUT2D eigenvalue weighted by Gasteiger charge is 2.17. The summed E-state index contributed by atoms with van der Waals surface area (Å²) < 4.78 is 0. The van der Waals surface area contributed by atoms with Crippen LogP contribution in [-0.4, -0.2) is 25.0 Å². The predicted octanol–water partition coefficient (Wildman–Crippen LogP) is 2.71. The van der Waals surface area contributed by atoms with Crippen molar-refractivity contribution >= 4 is 5.91 Å². The monoisotopic (exact) mass is 242 g/mol. The molecule has 0 spiro atoms. The highest BCUT2D eigenvalue weighted by atomic mass is 16.2. The first-order chi connectivity index (χ1) is 8.11. The maximum atomic E-state index is 11.8. The largest absolute Gasteiger partial charge is 0.355 e. The number of unbranched alkanes of at least 4 members (excludes halogenated alkanes) is 3. The molecule has 0 aromatic heterocycles. The number of hydrogen-bond acceptors (Lipinski definition) is 2. The van der Waals surface area contributed by atoms with Crippen molar-refractivity contribution in [2.45, 2.75) is 65.8 Å². The highest BCUT2D eigenvalue weighted by Crippen LogP contribution is 2.05. The van der Waals surface area contributed by atoms with Crippen LogP contribution in [0.5, 0.6) is 0 Å². The Bertz CT molecular complexity index is 193. The van der Waals surface area contributed by atoms with E-state index in [1.54, 1.807) is 0 Å². The zero-order valence-electron chi connectivity index (χ0n) is 12.0. The smallest absolute Gasteiger partial charge is 0.237 e. The van der Waals surface area contributed by atoms with Crippen molar-refractivity contribution < 1.29 is 4.79 Å². The lowest BCUT2D eigenvalue weighted by Crippen LogP contribution is -2.45. The second-order valence-corrected chi connectivity index (χ2v) is 5.09. The van der Waals surface area contributed by atoms with Gasteiger partial charge in [0, 0.05) is 6.54 Å². The van der Waals surface area contributed by atoms with Gasteiger partial charge in [-0.2, -0.15) is 0 Å². The molecule has 0 aromatic carbocycles. The number of carbonyl (C=O) groups excluding carboxylic acids is 1. The third-order valence-electron chi connectivity index (χ3n) is 2.80. The molecular weight excluding hydrogens is 212 g/mol. The van der Waals surface area contributed by atoms with Crippen molar-refractivity contribution in [3.63, 3.8) is 0 Å². The molecule has 0 saturated carbocycles. The number of nitrogens with one attached hydrogen (secondary N) is 2. The SMILES string of the molecule is CCCCCCN[C@@H](CC(C)C)C(=O)NCC. The fourth-order valence-corrected chi connectivity index (χ4v) is 1.88. The van der Waals surface area contributed by atoms with E-state index in [-0.39, 0.29) is 11.9 Å². The Morgan fingerprint density at radius 1 is 1.12 bits per heavy atom. The van der Waals surface area contributed by atoms with Gasteiger partial charge in [0.05, 0.1) is 6.04 Å². The van der Waals surface area contributed by atoms with Crippen LogP contribution in [0.2, 0.25) is 0 Å². The quantitative estimate of drug-likeness (QED) is 0.578. The molecule has 0 unspecified atom stereocenters. The molecule has 0 bridgehead atoms. The van der Waals surface area contributed by atoms with Crippen molar-refractivity contribution in [2.24, 2.45) is 5.92 Å². The van der Waals surface area contributed by atoms with Gasteiger partial charge in [0.1, 0.15) is 0 Å². The van der Waals surface area contributed by atoms with E-state index in [0.29, 0.717) is 12.5 Å². The van der Waals surface area contributed by atoms with Gasteiger partial charge in [-0.25, -0.2) is 0 Å². The third kappa shape index (κ3) is 9.16. The van der Waals surface area contributed by atoms with Crippen LogP contribution in [0.25, 0.3) is 0 Å². The van der Waals surface area contributed by atoms with E-state index < -0.39 is 0 Å². The van der Waals surface area contributed by atoms with Gasteiger partial charge in [-0.05, 0) is 32.2 Å².